The molecule has 0 aliphatic carbocycles. The zero-order valence-corrected chi connectivity index (χ0v) is 12.4. The minimum absolute atomic E-state index is 0.0573. The number of aromatic nitrogens is 3. The molecule has 0 atom stereocenters. The number of alkyl halides is 1. The molecule has 7 nitrogen and oxygen atoms in total. The van der Waals surface area contributed by atoms with Crippen LogP contribution in [-0.2, 0) is 0 Å². The first-order chi connectivity index (χ1) is 9.15. The number of thioether (sulfide) groups is 1. The van der Waals surface area contributed by atoms with E-state index in [9.17, 15) is 4.79 Å². The van der Waals surface area contributed by atoms with Crippen molar-refractivity contribution in [3.05, 3.63) is 5.82 Å². The Morgan fingerprint density at radius 2 is 1.84 bits per heavy atom. The van der Waals surface area contributed by atoms with Crippen LogP contribution in [0.15, 0.2) is 0 Å². The molecule has 0 spiro atoms. The van der Waals surface area contributed by atoms with Crippen LogP contribution in [0.2, 0.25) is 0 Å². The van der Waals surface area contributed by atoms with Gasteiger partial charge >= 0.3 is 0 Å². The summed E-state index contributed by atoms with van der Waals surface area (Å²) in [6.45, 7) is 2.98. The molecule has 1 aromatic rings. The first-order valence-corrected chi connectivity index (χ1v) is 7.28. The van der Waals surface area contributed by atoms with E-state index < -0.39 is 0 Å². The van der Waals surface area contributed by atoms with Crippen molar-refractivity contribution in [2.24, 2.45) is 0 Å². The van der Waals surface area contributed by atoms with E-state index in [1.807, 2.05) is 0 Å². The van der Waals surface area contributed by atoms with Crippen LogP contribution in [0.5, 0.6) is 0 Å². The summed E-state index contributed by atoms with van der Waals surface area (Å²) in [5.41, 5.74) is 0. The topological polar surface area (TPSA) is 91.8 Å². The fourth-order valence-electron chi connectivity index (χ4n) is 1.18. The summed E-state index contributed by atoms with van der Waals surface area (Å²) in [6.07, 6.45) is 0. The highest BCUT2D eigenvalue weighted by atomic mass is 35.5. The van der Waals surface area contributed by atoms with E-state index in [-0.39, 0.29) is 5.24 Å². The predicted molar refractivity (Wildman–Crippen MR) is 79.2 cm³/mol. The van der Waals surface area contributed by atoms with Gasteiger partial charge < -0.3 is 16.0 Å². The fraction of sp³-hybridized carbons (Fsp3) is 0.600. The Labute approximate surface area is 121 Å². The van der Waals surface area contributed by atoms with Gasteiger partial charge in [-0.25, -0.2) is 0 Å². The molecule has 1 rings (SSSR count). The van der Waals surface area contributed by atoms with Crippen molar-refractivity contribution in [3.63, 3.8) is 0 Å². The van der Waals surface area contributed by atoms with Crippen molar-refractivity contribution >= 4 is 40.5 Å². The van der Waals surface area contributed by atoms with Crippen molar-refractivity contribution in [3.8, 4) is 0 Å². The number of carbonyl (C=O) groups is 1. The summed E-state index contributed by atoms with van der Waals surface area (Å²) in [5, 5.41) is 8.52. The van der Waals surface area contributed by atoms with E-state index in [4.69, 9.17) is 11.6 Å². The number of carbonyl (C=O) groups excluding carboxylic acids is 1. The number of nitrogens with one attached hydrogen (secondary N) is 3. The van der Waals surface area contributed by atoms with E-state index in [0.717, 1.165) is 0 Å². The van der Waals surface area contributed by atoms with Gasteiger partial charge in [0.05, 0.1) is 0 Å². The van der Waals surface area contributed by atoms with Gasteiger partial charge in [0.2, 0.25) is 11.9 Å². The highest BCUT2D eigenvalue weighted by molar-refractivity contribution is 8.13. The molecule has 0 aliphatic rings. The van der Waals surface area contributed by atoms with Crippen molar-refractivity contribution in [1.82, 2.24) is 20.3 Å². The van der Waals surface area contributed by atoms with Crippen LogP contribution in [-0.4, -0.2) is 52.0 Å². The zero-order valence-electron chi connectivity index (χ0n) is 10.9. The van der Waals surface area contributed by atoms with Crippen molar-refractivity contribution < 1.29 is 4.79 Å². The second kappa shape index (κ2) is 8.76. The maximum atomic E-state index is 11.0. The summed E-state index contributed by atoms with van der Waals surface area (Å²) >= 11 is 6.79. The molecular formula is C10H17ClN6OS. The van der Waals surface area contributed by atoms with Crippen LogP contribution in [0.25, 0.3) is 0 Å². The van der Waals surface area contributed by atoms with Crippen molar-refractivity contribution in [1.29, 1.82) is 0 Å². The summed E-state index contributed by atoms with van der Waals surface area (Å²) in [6, 6.07) is 0. The summed E-state index contributed by atoms with van der Waals surface area (Å²) in [5.74, 6) is 2.72. The highest BCUT2D eigenvalue weighted by Gasteiger charge is 2.03. The molecule has 106 valence electrons. The van der Waals surface area contributed by atoms with Gasteiger partial charge in [-0.2, -0.15) is 15.0 Å². The molecule has 0 aliphatic heterocycles. The second-order valence-corrected chi connectivity index (χ2v) is 4.90. The molecule has 0 fully saturated rings. The molecular weight excluding hydrogens is 288 g/mol. The molecule has 1 heterocycles. The first kappa shape index (κ1) is 15.8. The second-order valence-electron chi connectivity index (χ2n) is 3.46. The van der Waals surface area contributed by atoms with Crippen LogP contribution in [0, 0.1) is 6.92 Å². The average molecular weight is 305 g/mol. The monoisotopic (exact) mass is 304 g/mol. The first-order valence-electron chi connectivity index (χ1n) is 5.76. The quantitative estimate of drug-likeness (QED) is 0.517. The number of amides is 1. The summed E-state index contributed by atoms with van der Waals surface area (Å²) in [4.78, 5) is 23.5. The molecule has 3 N–H and O–H groups in total. The molecule has 0 saturated carbocycles. The third-order valence-electron chi connectivity index (χ3n) is 1.95. The van der Waals surface area contributed by atoms with Gasteiger partial charge in [-0.1, -0.05) is 11.8 Å². The standard InChI is InChI=1S/C10H17ClN6OS/c1-7-15-8(13-4-3-11)17-9(16-7)14-5-6-19-10(18)12-2/h3-6H2,1-2H3,(H,12,18)(H2,13,14,15,16,17). The molecule has 1 aromatic heterocycles. The molecule has 0 radical (unpaired) electrons. The predicted octanol–water partition coefficient (Wildman–Crippen LogP) is 1.32. The number of hydrogen-bond acceptors (Lipinski definition) is 7. The lowest BCUT2D eigenvalue weighted by molar-refractivity contribution is 0.262. The third kappa shape index (κ3) is 6.44. The van der Waals surface area contributed by atoms with E-state index >= 15 is 0 Å². The molecule has 1 amide bonds. The van der Waals surface area contributed by atoms with Gasteiger partial charge in [-0.05, 0) is 6.92 Å². The van der Waals surface area contributed by atoms with Gasteiger partial charge in [0.1, 0.15) is 5.82 Å². The maximum absolute atomic E-state index is 11.0. The molecule has 0 unspecified atom stereocenters. The lowest BCUT2D eigenvalue weighted by atomic mass is 10.6. The lowest BCUT2D eigenvalue weighted by Crippen LogP contribution is -2.16. The Morgan fingerprint density at radius 3 is 2.42 bits per heavy atom. The smallest absolute Gasteiger partial charge is 0.278 e. The van der Waals surface area contributed by atoms with E-state index in [1.165, 1.54) is 11.8 Å². The Kier molecular flexibility index (Phi) is 7.27. The number of hydrogen-bond donors (Lipinski definition) is 3. The molecule has 0 bridgehead atoms. The van der Waals surface area contributed by atoms with Crippen molar-refractivity contribution in [2.75, 3.05) is 42.4 Å². The minimum Gasteiger partial charge on any atom is -0.353 e. The van der Waals surface area contributed by atoms with Crippen LogP contribution in [0.4, 0.5) is 16.7 Å². The van der Waals surface area contributed by atoms with Crippen LogP contribution in [0.3, 0.4) is 0 Å². The lowest BCUT2D eigenvalue weighted by Gasteiger charge is -2.07. The third-order valence-corrected chi connectivity index (χ3v) is 3.01. The zero-order chi connectivity index (χ0) is 14.1. The average Bonchev–Trinajstić information content (AvgIpc) is 2.40. The molecule has 19 heavy (non-hydrogen) atoms. The van der Waals surface area contributed by atoms with Crippen LogP contribution >= 0.6 is 23.4 Å². The van der Waals surface area contributed by atoms with Crippen LogP contribution < -0.4 is 16.0 Å². The number of anilines is 2. The van der Waals surface area contributed by atoms with Gasteiger partial charge in [0, 0.05) is 31.8 Å². The maximum Gasteiger partial charge on any atom is 0.278 e. The summed E-state index contributed by atoms with van der Waals surface area (Å²) < 4.78 is 0. The Bertz CT molecular complexity index is 419. The van der Waals surface area contributed by atoms with Crippen molar-refractivity contribution in [2.45, 2.75) is 6.92 Å². The fourth-order valence-corrected chi connectivity index (χ4v) is 1.81. The van der Waals surface area contributed by atoms with Gasteiger partial charge in [0.25, 0.3) is 5.24 Å². The molecule has 0 saturated heterocycles. The SMILES string of the molecule is CNC(=O)SCCNc1nc(C)nc(NCCCl)n1. The van der Waals surface area contributed by atoms with Gasteiger partial charge in [0.15, 0.2) is 0 Å². The normalized spacial score (nSPS) is 10.1. The van der Waals surface area contributed by atoms with Gasteiger partial charge in [-0.15, -0.1) is 11.6 Å². The number of rotatable bonds is 7. The Morgan fingerprint density at radius 1 is 1.21 bits per heavy atom. The Balaban J connectivity index is 2.44. The summed E-state index contributed by atoms with van der Waals surface area (Å²) in [7, 11) is 1.60. The number of halogens is 1. The number of aryl methyl sites for hydroxylation is 1. The van der Waals surface area contributed by atoms with Gasteiger partial charge in [-0.3, -0.25) is 4.79 Å². The van der Waals surface area contributed by atoms with E-state index in [1.54, 1.807) is 14.0 Å². The minimum atomic E-state index is -0.0573. The largest absolute Gasteiger partial charge is 0.353 e. The van der Waals surface area contributed by atoms with E-state index in [2.05, 4.69) is 30.9 Å². The van der Waals surface area contributed by atoms with Crippen LogP contribution in [0.1, 0.15) is 5.82 Å². The van der Waals surface area contributed by atoms with E-state index in [0.29, 0.717) is 42.4 Å². The molecule has 0 aromatic carbocycles. The molecule has 9 heteroatoms. The number of nitrogens with zero attached hydrogens (tertiary/aromatic N) is 3. The highest BCUT2D eigenvalue weighted by Crippen LogP contribution is 2.06. The Hall–Kier alpha value is -1.28.